The zero-order valence-corrected chi connectivity index (χ0v) is 13.2. The first-order chi connectivity index (χ1) is 10.2. The number of nitrogens with zero attached hydrogens (tertiary/aromatic N) is 2. The number of rotatable bonds is 6. The molecule has 0 fully saturated rings. The minimum atomic E-state index is 0.606. The van der Waals surface area contributed by atoms with E-state index in [2.05, 4.69) is 15.5 Å². The fourth-order valence-corrected chi connectivity index (χ4v) is 2.35. The Labute approximate surface area is 127 Å². The normalized spacial score (nSPS) is 10.7. The molecule has 6 nitrogen and oxygen atoms in total. The zero-order chi connectivity index (χ0) is 15.2. The Balaban J connectivity index is 2.21. The van der Waals surface area contributed by atoms with Gasteiger partial charge in [-0.25, -0.2) is 4.98 Å². The predicted octanol–water partition coefficient (Wildman–Crippen LogP) is 2.92. The minimum absolute atomic E-state index is 0.606. The second-order valence-corrected chi connectivity index (χ2v) is 4.97. The summed E-state index contributed by atoms with van der Waals surface area (Å²) >= 11 is 1.50. The van der Waals surface area contributed by atoms with E-state index in [9.17, 15) is 0 Å². The van der Waals surface area contributed by atoms with Gasteiger partial charge in [-0.2, -0.15) is 5.10 Å². The summed E-state index contributed by atoms with van der Waals surface area (Å²) in [6.07, 6.45) is 1.65. The number of hydrazone groups is 1. The molecule has 0 atom stereocenters. The summed E-state index contributed by atoms with van der Waals surface area (Å²) in [4.78, 5) is 4.26. The average Bonchev–Trinajstić information content (AvgIpc) is 2.92. The average molecular weight is 307 g/mol. The smallest absolute Gasteiger partial charge is 0.203 e. The lowest BCUT2D eigenvalue weighted by atomic mass is 10.2. The molecule has 0 unspecified atom stereocenters. The Morgan fingerprint density at radius 3 is 2.33 bits per heavy atom. The standard InChI is InChI=1S/C14H17N3O3S/c1-9-8-21-14(16-9)17-15-7-10-5-12(19-3)13(20-4)6-11(10)18-2/h5-8H,1-4H3,(H,16,17). The summed E-state index contributed by atoms with van der Waals surface area (Å²) in [5.41, 5.74) is 4.61. The van der Waals surface area contributed by atoms with Gasteiger partial charge in [-0.15, -0.1) is 11.3 Å². The van der Waals surface area contributed by atoms with Crippen molar-refractivity contribution < 1.29 is 14.2 Å². The van der Waals surface area contributed by atoms with Crippen LogP contribution in [0.5, 0.6) is 17.2 Å². The Kier molecular flexibility index (Phi) is 4.99. The van der Waals surface area contributed by atoms with Crippen LogP contribution < -0.4 is 19.6 Å². The fourth-order valence-electron chi connectivity index (χ4n) is 1.72. The van der Waals surface area contributed by atoms with Gasteiger partial charge >= 0.3 is 0 Å². The molecule has 112 valence electrons. The first-order valence-electron chi connectivity index (χ1n) is 6.19. The molecule has 2 rings (SSSR count). The molecule has 21 heavy (non-hydrogen) atoms. The number of hydrogen-bond donors (Lipinski definition) is 1. The van der Waals surface area contributed by atoms with E-state index >= 15 is 0 Å². The molecule has 0 aliphatic heterocycles. The maximum Gasteiger partial charge on any atom is 0.203 e. The Hall–Kier alpha value is -2.28. The van der Waals surface area contributed by atoms with Crippen molar-refractivity contribution in [2.24, 2.45) is 5.10 Å². The van der Waals surface area contributed by atoms with E-state index in [1.165, 1.54) is 11.3 Å². The van der Waals surface area contributed by atoms with Crippen molar-refractivity contribution in [2.75, 3.05) is 26.8 Å². The van der Waals surface area contributed by atoms with E-state index < -0.39 is 0 Å². The number of benzene rings is 1. The fraction of sp³-hybridized carbons (Fsp3) is 0.286. The third kappa shape index (κ3) is 3.63. The Bertz CT molecular complexity index is 640. The lowest BCUT2D eigenvalue weighted by Gasteiger charge is -2.11. The second kappa shape index (κ2) is 6.94. The van der Waals surface area contributed by atoms with Crippen molar-refractivity contribution in [2.45, 2.75) is 6.92 Å². The van der Waals surface area contributed by atoms with E-state index in [1.807, 2.05) is 12.3 Å². The van der Waals surface area contributed by atoms with Crippen molar-refractivity contribution in [3.63, 3.8) is 0 Å². The van der Waals surface area contributed by atoms with Crippen LogP contribution in [0.4, 0.5) is 5.13 Å². The van der Waals surface area contributed by atoms with E-state index in [0.717, 1.165) is 16.4 Å². The molecule has 2 aromatic rings. The topological polar surface area (TPSA) is 65.0 Å². The molecule has 0 saturated carbocycles. The lowest BCUT2D eigenvalue weighted by molar-refractivity contribution is 0.349. The van der Waals surface area contributed by atoms with Gasteiger partial charge in [0.25, 0.3) is 0 Å². The zero-order valence-electron chi connectivity index (χ0n) is 12.3. The molecule has 7 heteroatoms. The number of ether oxygens (including phenoxy) is 3. The maximum absolute atomic E-state index is 5.33. The van der Waals surface area contributed by atoms with Crippen molar-refractivity contribution in [3.8, 4) is 17.2 Å². The monoisotopic (exact) mass is 307 g/mol. The van der Waals surface area contributed by atoms with E-state index in [-0.39, 0.29) is 0 Å². The molecule has 0 aliphatic carbocycles. The van der Waals surface area contributed by atoms with Gasteiger partial charge in [0.1, 0.15) is 5.75 Å². The number of anilines is 1. The molecule has 0 amide bonds. The number of aromatic nitrogens is 1. The molecule has 1 aromatic heterocycles. The van der Waals surface area contributed by atoms with Crippen molar-refractivity contribution in [3.05, 3.63) is 28.8 Å². The maximum atomic E-state index is 5.33. The Morgan fingerprint density at radius 1 is 1.10 bits per heavy atom. The second-order valence-electron chi connectivity index (χ2n) is 4.11. The molecule has 1 heterocycles. The van der Waals surface area contributed by atoms with E-state index in [1.54, 1.807) is 39.7 Å². The van der Waals surface area contributed by atoms with Gasteiger partial charge in [-0.3, -0.25) is 5.43 Å². The SMILES string of the molecule is COc1cc(OC)c(OC)cc1C=NNc1nc(C)cs1. The Morgan fingerprint density at radius 2 is 1.76 bits per heavy atom. The molecular formula is C14H17N3O3S. The van der Waals surface area contributed by atoms with Crippen LogP contribution in [0, 0.1) is 6.92 Å². The van der Waals surface area contributed by atoms with Crippen LogP contribution in [0.3, 0.4) is 0 Å². The number of nitrogens with one attached hydrogen (secondary N) is 1. The molecule has 0 saturated heterocycles. The highest BCUT2D eigenvalue weighted by molar-refractivity contribution is 7.13. The van der Waals surface area contributed by atoms with Gasteiger partial charge in [0.2, 0.25) is 5.13 Å². The van der Waals surface area contributed by atoms with Gasteiger partial charge in [0.15, 0.2) is 11.5 Å². The number of aryl methyl sites for hydroxylation is 1. The van der Waals surface area contributed by atoms with Crippen LogP contribution in [-0.4, -0.2) is 32.5 Å². The minimum Gasteiger partial charge on any atom is -0.496 e. The van der Waals surface area contributed by atoms with Crippen LogP contribution in [0.1, 0.15) is 11.3 Å². The van der Waals surface area contributed by atoms with Crippen LogP contribution >= 0.6 is 11.3 Å². The summed E-state index contributed by atoms with van der Waals surface area (Å²) in [7, 11) is 4.76. The van der Waals surface area contributed by atoms with E-state index in [0.29, 0.717) is 17.2 Å². The van der Waals surface area contributed by atoms with Crippen LogP contribution in [0.15, 0.2) is 22.6 Å². The molecule has 0 bridgehead atoms. The largest absolute Gasteiger partial charge is 0.496 e. The van der Waals surface area contributed by atoms with Gasteiger partial charge in [-0.1, -0.05) is 0 Å². The number of methoxy groups -OCH3 is 3. The molecule has 0 aliphatic rings. The third-order valence-electron chi connectivity index (χ3n) is 2.72. The van der Waals surface area contributed by atoms with Crippen LogP contribution in [0.2, 0.25) is 0 Å². The highest BCUT2D eigenvalue weighted by atomic mass is 32.1. The van der Waals surface area contributed by atoms with Crippen molar-refractivity contribution in [1.82, 2.24) is 4.98 Å². The van der Waals surface area contributed by atoms with Gasteiger partial charge in [-0.05, 0) is 13.0 Å². The molecular weight excluding hydrogens is 290 g/mol. The first-order valence-corrected chi connectivity index (χ1v) is 7.07. The van der Waals surface area contributed by atoms with Gasteiger partial charge in [0, 0.05) is 17.0 Å². The van der Waals surface area contributed by atoms with E-state index in [4.69, 9.17) is 14.2 Å². The highest BCUT2D eigenvalue weighted by Gasteiger charge is 2.10. The lowest BCUT2D eigenvalue weighted by Crippen LogP contribution is -1.97. The first kappa shape index (κ1) is 15.1. The molecule has 0 spiro atoms. The van der Waals surface area contributed by atoms with Gasteiger partial charge < -0.3 is 14.2 Å². The molecule has 0 radical (unpaired) electrons. The summed E-state index contributed by atoms with van der Waals surface area (Å²) in [6, 6.07) is 3.56. The molecule has 1 N–H and O–H groups in total. The number of hydrogen-bond acceptors (Lipinski definition) is 7. The summed E-state index contributed by atoms with van der Waals surface area (Å²) in [5.74, 6) is 1.87. The molecule has 1 aromatic carbocycles. The number of thiazole rings is 1. The van der Waals surface area contributed by atoms with Gasteiger partial charge in [0.05, 0.1) is 33.2 Å². The predicted molar refractivity (Wildman–Crippen MR) is 84.2 cm³/mol. The quantitative estimate of drug-likeness (QED) is 0.656. The highest BCUT2D eigenvalue weighted by Crippen LogP contribution is 2.33. The third-order valence-corrected chi connectivity index (χ3v) is 3.58. The van der Waals surface area contributed by atoms with Crippen molar-refractivity contribution >= 4 is 22.7 Å². The van der Waals surface area contributed by atoms with Crippen LogP contribution in [-0.2, 0) is 0 Å². The summed E-state index contributed by atoms with van der Waals surface area (Å²) in [6.45, 7) is 1.93. The van der Waals surface area contributed by atoms with Crippen LogP contribution in [0.25, 0.3) is 0 Å². The summed E-state index contributed by atoms with van der Waals surface area (Å²) in [5, 5.41) is 6.85. The van der Waals surface area contributed by atoms with Crippen molar-refractivity contribution in [1.29, 1.82) is 0 Å². The summed E-state index contributed by atoms with van der Waals surface area (Å²) < 4.78 is 15.8.